The molecule has 0 aliphatic rings. The normalized spacial score (nSPS) is 10.1. The molecule has 0 saturated heterocycles. The average Bonchev–Trinajstić information content (AvgIpc) is 2.98. The lowest BCUT2D eigenvalue weighted by molar-refractivity contribution is -0.384. The number of H-pyrrole nitrogens is 1. The van der Waals surface area contributed by atoms with Crippen molar-refractivity contribution < 1.29 is 9.72 Å². The lowest BCUT2D eigenvalue weighted by Gasteiger charge is -2.08. The van der Waals surface area contributed by atoms with Crippen LogP contribution in [-0.4, -0.2) is 27.6 Å². The molecule has 0 radical (unpaired) electrons. The SMILES string of the molecule is CCNC(=O)c1ccc(NCc2ccn[nH]2)c([N+](=O)[O-])c1. The molecule has 0 aliphatic carbocycles. The maximum absolute atomic E-state index is 11.7. The molecule has 110 valence electrons. The zero-order chi connectivity index (χ0) is 15.2. The highest BCUT2D eigenvalue weighted by Gasteiger charge is 2.17. The Hall–Kier alpha value is -2.90. The maximum Gasteiger partial charge on any atom is 0.293 e. The Balaban J connectivity index is 2.20. The lowest BCUT2D eigenvalue weighted by Crippen LogP contribution is -2.22. The van der Waals surface area contributed by atoms with E-state index in [2.05, 4.69) is 20.8 Å². The van der Waals surface area contributed by atoms with Gasteiger partial charge < -0.3 is 10.6 Å². The molecule has 1 aromatic heterocycles. The van der Waals surface area contributed by atoms with Crippen LogP contribution in [0.25, 0.3) is 0 Å². The number of hydrogen-bond donors (Lipinski definition) is 3. The van der Waals surface area contributed by atoms with E-state index in [1.165, 1.54) is 12.1 Å². The van der Waals surface area contributed by atoms with Crippen LogP contribution >= 0.6 is 0 Å². The fourth-order valence-electron chi connectivity index (χ4n) is 1.81. The van der Waals surface area contributed by atoms with E-state index < -0.39 is 4.92 Å². The predicted octanol–water partition coefficient (Wildman–Crippen LogP) is 1.68. The Kier molecular flexibility index (Phi) is 4.50. The van der Waals surface area contributed by atoms with Crippen LogP contribution in [0.3, 0.4) is 0 Å². The van der Waals surface area contributed by atoms with Gasteiger partial charge in [0.25, 0.3) is 11.6 Å². The van der Waals surface area contributed by atoms with Crippen molar-refractivity contribution >= 4 is 17.3 Å². The van der Waals surface area contributed by atoms with Crippen molar-refractivity contribution in [2.75, 3.05) is 11.9 Å². The van der Waals surface area contributed by atoms with E-state index in [1.807, 2.05) is 0 Å². The summed E-state index contributed by atoms with van der Waals surface area (Å²) in [6.07, 6.45) is 1.60. The monoisotopic (exact) mass is 289 g/mol. The van der Waals surface area contributed by atoms with Crippen molar-refractivity contribution in [1.29, 1.82) is 0 Å². The third kappa shape index (κ3) is 3.56. The highest BCUT2D eigenvalue weighted by molar-refractivity contribution is 5.95. The number of anilines is 1. The summed E-state index contributed by atoms with van der Waals surface area (Å²) in [6, 6.07) is 6.11. The first kappa shape index (κ1) is 14.5. The quantitative estimate of drug-likeness (QED) is 0.553. The van der Waals surface area contributed by atoms with Gasteiger partial charge in [0, 0.05) is 24.4 Å². The summed E-state index contributed by atoms with van der Waals surface area (Å²) in [4.78, 5) is 22.3. The Labute approximate surface area is 120 Å². The molecule has 0 unspecified atom stereocenters. The second-order valence-electron chi connectivity index (χ2n) is 4.28. The van der Waals surface area contributed by atoms with Gasteiger partial charge in [0.1, 0.15) is 5.69 Å². The standard InChI is InChI=1S/C13H15N5O3/c1-2-14-13(19)9-3-4-11(12(7-9)18(20)21)15-8-10-5-6-16-17-10/h3-7,15H,2,8H2,1H3,(H,14,19)(H,16,17). The molecule has 21 heavy (non-hydrogen) atoms. The number of nitro benzene ring substituents is 1. The van der Waals surface area contributed by atoms with Crippen LogP contribution in [0.4, 0.5) is 11.4 Å². The molecule has 0 spiro atoms. The van der Waals surface area contributed by atoms with Crippen molar-refractivity contribution in [1.82, 2.24) is 15.5 Å². The minimum absolute atomic E-state index is 0.140. The fourth-order valence-corrected chi connectivity index (χ4v) is 1.81. The number of aromatic nitrogens is 2. The molecule has 0 atom stereocenters. The molecule has 1 aromatic carbocycles. The van der Waals surface area contributed by atoms with Crippen molar-refractivity contribution in [3.8, 4) is 0 Å². The number of rotatable bonds is 6. The van der Waals surface area contributed by atoms with Gasteiger partial charge in [-0.2, -0.15) is 5.10 Å². The number of hydrogen-bond acceptors (Lipinski definition) is 5. The number of aromatic amines is 1. The van der Waals surface area contributed by atoms with E-state index in [-0.39, 0.29) is 17.2 Å². The molecule has 0 saturated carbocycles. The summed E-state index contributed by atoms with van der Waals surface area (Å²) < 4.78 is 0. The number of nitrogens with zero attached hydrogens (tertiary/aromatic N) is 2. The van der Waals surface area contributed by atoms with Crippen molar-refractivity contribution in [2.45, 2.75) is 13.5 Å². The van der Waals surface area contributed by atoms with Gasteiger partial charge in [-0.25, -0.2) is 0 Å². The minimum atomic E-state index is -0.516. The number of nitro groups is 1. The number of nitrogens with one attached hydrogen (secondary N) is 3. The van der Waals surface area contributed by atoms with E-state index in [0.717, 1.165) is 5.69 Å². The molecule has 0 aliphatic heterocycles. The third-order valence-electron chi connectivity index (χ3n) is 2.82. The summed E-state index contributed by atoms with van der Waals surface area (Å²) >= 11 is 0. The van der Waals surface area contributed by atoms with Crippen LogP contribution < -0.4 is 10.6 Å². The van der Waals surface area contributed by atoms with Crippen molar-refractivity contribution in [2.24, 2.45) is 0 Å². The zero-order valence-corrected chi connectivity index (χ0v) is 11.4. The first-order valence-corrected chi connectivity index (χ1v) is 6.40. The van der Waals surface area contributed by atoms with Crippen LogP contribution in [0.15, 0.2) is 30.5 Å². The Morgan fingerprint density at radius 1 is 1.43 bits per heavy atom. The van der Waals surface area contributed by atoms with E-state index in [9.17, 15) is 14.9 Å². The molecule has 1 heterocycles. The van der Waals surface area contributed by atoms with Crippen LogP contribution in [0.1, 0.15) is 23.0 Å². The molecule has 2 rings (SSSR count). The maximum atomic E-state index is 11.7. The second-order valence-corrected chi connectivity index (χ2v) is 4.28. The molecule has 0 bridgehead atoms. The second kappa shape index (κ2) is 6.51. The summed E-state index contributed by atoms with van der Waals surface area (Å²) in [6.45, 7) is 2.63. The first-order chi connectivity index (χ1) is 10.1. The van der Waals surface area contributed by atoms with Gasteiger partial charge >= 0.3 is 0 Å². The first-order valence-electron chi connectivity index (χ1n) is 6.40. The highest BCUT2D eigenvalue weighted by Crippen LogP contribution is 2.26. The van der Waals surface area contributed by atoms with E-state index in [0.29, 0.717) is 18.8 Å². The van der Waals surface area contributed by atoms with Gasteiger partial charge in [-0.15, -0.1) is 0 Å². The van der Waals surface area contributed by atoms with Crippen molar-refractivity contribution in [3.63, 3.8) is 0 Å². The van der Waals surface area contributed by atoms with E-state index >= 15 is 0 Å². The van der Waals surface area contributed by atoms with E-state index in [4.69, 9.17) is 0 Å². The number of benzene rings is 1. The Morgan fingerprint density at radius 2 is 2.24 bits per heavy atom. The van der Waals surface area contributed by atoms with Crippen LogP contribution in [0.5, 0.6) is 0 Å². The Bertz CT molecular complexity index is 639. The largest absolute Gasteiger partial charge is 0.374 e. The molecule has 1 amide bonds. The van der Waals surface area contributed by atoms with Crippen LogP contribution in [0, 0.1) is 10.1 Å². The van der Waals surface area contributed by atoms with Gasteiger partial charge in [-0.05, 0) is 25.1 Å². The third-order valence-corrected chi connectivity index (χ3v) is 2.82. The molecule has 0 fully saturated rings. The minimum Gasteiger partial charge on any atom is -0.374 e. The summed E-state index contributed by atoms with van der Waals surface area (Å²) in [5, 5.41) is 23.2. The highest BCUT2D eigenvalue weighted by atomic mass is 16.6. The van der Waals surface area contributed by atoms with Crippen LogP contribution in [0.2, 0.25) is 0 Å². The van der Waals surface area contributed by atoms with Gasteiger partial charge in [0.15, 0.2) is 0 Å². The van der Waals surface area contributed by atoms with Gasteiger partial charge in [-0.3, -0.25) is 20.0 Å². The zero-order valence-electron chi connectivity index (χ0n) is 11.4. The Morgan fingerprint density at radius 3 is 2.86 bits per heavy atom. The summed E-state index contributed by atoms with van der Waals surface area (Å²) in [7, 11) is 0. The molecule has 3 N–H and O–H groups in total. The molecule has 2 aromatic rings. The van der Waals surface area contributed by atoms with Gasteiger partial charge in [0.2, 0.25) is 0 Å². The van der Waals surface area contributed by atoms with E-state index in [1.54, 1.807) is 25.3 Å². The molecular formula is C13H15N5O3. The molecular weight excluding hydrogens is 274 g/mol. The number of amides is 1. The van der Waals surface area contributed by atoms with Crippen molar-refractivity contribution in [3.05, 3.63) is 51.8 Å². The summed E-state index contributed by atoms with van der Waals surface area (Å²) in [5.41, 5.74) is 1.27. The topological polar surface area (TPSA) is 113 Å². The molecule has 8 nitrogen and oxygen atoms in total. The number of carbonyl (C=O) groups excluding carboxylic acids is 1. The average molecular weight is 289 g/mol. The van der Waals surface area contributed by atoms with Crippen LogP contribution in [-0.2, 0) is 6.54 Å². The lowest BCUT2D eigenvalue weighted by atomic mass is 10.1. The fraction of sp³-hybridized carbons (Fsp3) is 0.231. The van der Waals surface area contributed by atoms with Gasteiger partial charge in [0.05, 0.1) is 17.2 Å². The summed E-state index contributed by atoms with van der Waals surface area (Å²) in [5.74, 6) is -0.333. The van der Waals surface area contributed by atoms with Gasteiger partial charge in [-0.1, -0.05) is 0 Å². The smallest absolute Gasteiger partial charge is 0.293 e. The molecule has 8 heteroatoms. The predicted molar refractivity (Wildman–Crippen MR) is 77.0 cm³/mol. The number of carbonyl (C=O) groups is 1.